The van der Waals surface area contributed by atoms with E-state index >= 15 is 0 Å². The minimum atomic E-state index is -0.125. The molecule has 1 aromatic carbocycles. The summed E-state index contributed by atoms with van der Waals surface area (Å²) in [5.41, 5.74) is 2.56. The molecule has 2 aliphatic rings. The molecule has 2 amide bonds. The zero-order valence-electron chi connectivity index (χ0n) is 21.6. The number of carbonyl (C=O) groups is 1. The van der Waals surface area contributed by atoms with Gasteiger partial charge in [-0.2, -0.15) is 0 Å². The zero-order valence-corrected chi connectivity index (χ0v) is 21.6. The van der Waals surface area contributed by atoms with E-state index < -0.39 is 0 Å². The van der Waals surface area contributed by atoms with Crippen molar-refractivity contribution in [3.63, 3.8) is 0 Å². The topological polar surface area (TPSA) is 99.8 Å². The number of amides is 2. The van der Waals surface area contributed by atoms with Crippen LogP contribution >= 0.6 is 0 Å². The molecular formula is C27H37N7O2. The van der Waals surface area contributed by atoms with Crippen LogP contribution in [-0.4, -0.2) is 78.4 Å². The number of ether oxygens (including phenoxy) is 1. The lowest BCUT2D eigenvalue weighted by Crippen LogP contribution is -2.41. The molecule has 2 N–H and O–H groups in total. The van der Waals surface area contributed by atoms with E-state index in [-0.39, 0.29) is 17.9 Å². The summed E-state index contributed by atoms with van der Waals surface area (Å²) in [6, 6.07) is 13.9. The van der Waals surface area contributed by atoms with Crippen LogP contribution in [0.1, 0.15) is 45.0 Å². The van der Waals surface area contributed by atoms with Crippen LogP contribution in [0.3, 0.4) is 0 Å². The third-order valence-corrected chi connectivity index (χ3v) is 6.83. The fraction of sp³-hybridized carbons (Fsp3) is 0.481. The van der Waals surface area contributed by atoms with Gasteiger partial charge in [-0.05, 0) is 49.6 Å². The number of pyridine rings is 1. The van der Waals surface area contributed by atoms with E-state index in [1.165, 1.54) is 10.5 Å². The third kappa shape index (κ3) is 5.27. The molecule has 2 aliphatic heterocycles. The fourth-order valence-electron chi connectivity index (χ4n) is 5.02. The highest BCUT2D eigenvalue weighted by Gasteiger charge is 2.32. The zero-order chi connectivity index (χ0) is 25.8. The Morgan fingerprint density at radius 3 is 2.28 bits per heavy atom. The van der Waals surface area contributed by atoms with Gasteiger partial charge < -0.3 is 9.64 Å². The van der Waals surface area contributed by atoms with E-state index in [2.05, 4.69) is 35.9 Å². The van der Waals surface area contributed by atoms with Crippen LogP contribution in [0, 0.1) is 16.7 Å². The Morgan fingerprint density at radius 2 is 1.67 bits per heavy atom. The number of rotatable bonds is 8. The molecule has 3 heterocycles. The van der Waals surface area contributed by atoms with Crippen molar-refractivity contribution in [1.29, 1.82) is 10.8 Å². The summed E-state index contributed by atoms with van der Waals surface area (Å²) in [5.74, 6) is 1.12. The Bertz CT molecular complexity index is 1080. The fourth-order valence-corrected chi connectivity index (χ4v) is 5.02. The molecule has 9 heteroatoms. The van der Waals surface area contributed by atoms with Gasteiger partial charge in [-0.1, -0.05) is 32.0 Å². The van der Waals surface area contributed by atoms with Gasteiger partial charge in [-0.25, -0.2) is 9.78 Å². The molecule has 2 saturated heterocycles. The van der Waals surface area contributed by atoms with Crippen molar-refractivity contribution in [2.75, 3.05) is 49.2 Å². The molecular weight excluding hydrogens is 454 g/mol. The van der Waals surface area contributed by atoms with Crippen LogP contribution in [0.5, 0.6) is 0 Å². The first kappa shape index (κ1) is 25.8. The first-order valence-electron chi connectivity index (χ1n) is 12.7. The highest BCUT2D eigenvalue weighted by Crippen LogP contribution is 2.32. The minimum absolute atomic E-state index is 0.0362. The molecule has 1 aromatic heterocycles. The monoisotopic (exact) mass is 491 g/mol. The predicted molar refractivity (Wildman–Crippen MR) is 143 cm³/mol. The first-order valence-corrected chi connectivity index (χ1v) is 12.7. The molecule has 2 fully saturated rings. The second kappa shape index (κ2) is 11.2. The summed E-state index contributed by atoms with van der Waals surface area (Å²) in [5, 5.41) is 16.1. The van der Waals surface area contributed by atoms with Gasteiger partial charge in [0, 0.05) is 44.0 Å². The van der Waals surface area contributed by atoms with Crippen molar-refractivity contribution < 1.29 is 9.53 Å². The van der Waals surface area contributed by atoms with E-state index in [4.69, 9.17) is 15.6 Å². The molecule has 0 saturated carbocycles. The van der Waals surface area contributed by atoms with E-state index in [1.54, 1.807) is 28.0 Å². The predicted octanol–water partition coefficient (Wildman–Crippen LogP) is 4.20. The highest BCUT2D eigenvalue weighted by molar-refractivity contribution is 6.06. The number of amidine groups is 1. The molecule has 2 aromatic rings. The van der Waals surface area contributed by atoms with Crippen LogP contribution < -0.4 is 9.80 Å². The van der Waals surface area contributed by atoms with Gasteiger partial charge in [0.15, 0.2) is 5.84 Å². The quantitative estimate of drug-likeness (QED) is 0.426. The maximum absolute atomic E-state index is 13.3. The summed E-state index contributed by atoms with van der Waals surface area (Å²) in [6.45, 7) is 12.8. The van der Waals surface area contributed by atoms with Crippen molar-refractivity contribution in [1.82, 2.24) is 14.8 Å². The van der Waals surface area contributed by atoms with Crippen molar-refractivity contribution in [2.45, 2.75) is 39.8 Å². The molecule has 0 bridgehead atoms. The molecule has 9 nitrogen and oxygen atoms in total. The lowest BCUT2D eigenvalue weighted by molar-refractivity contribution is 0.00563. The van der Waals surface area contributed by atoms with E-state index in [1.807, 2.05) is 26.0 Å². The van der Waals surface area contributed by atoms with Gasteiger partial charge in [0.2, 0.25) is 0 Å². The van der Waals surface area contributed by atoms with Crippen molar-refractivity contribution in [3.05, 3.63) is 53.7 Å². The number of nitrogens with zero attached hydrogens (tertiary/aromatic N) is 5. The SMILES string of the molecule is CC(C)C(c1ccc(N2CCN(c3cccc(C(=N)N(C=N)C(C)C)n3)C2=O)cc1)N1CCOCC1. The third-order valence-electron chi connectivity index (χ3n) is 6.83. The van der Waals surface area contributed by atoms with Crippen LogP contribution in [-0.2, 0) is 4.74 Å². The number of benzene rings is 1. The Labute approximate surface area is 213 Å². The molecule has 0 aliphatic carbocycles. The lowest BCUT2D eigenvalue weighted by Gasteiger charge is -2.37. The van der Waals surface area contributed by atoms with Crippen molar-refractivity contribution in [2.24, 2.45) is 5.92 Å². The second-order valence-electron chi connectivity index (χ2n) is 9.87. The number of hydrogen-bond acceptors (Lipinski definition) is 6. The summed E-state index contributed by atoms with van der Waals surface area (Å²) in [6.07, 6.45) is 1.14. The van der Waals surface area contributed by atoms with Crippen LogP contribution in [0.2, 0.25) is 0 Å². The molecule has 0 spiro atoms. The van der Waals surface area contributed by atoms with Crippen LogP contribution in [0.4, 0.5) is 16.3 Å². The Balaban J connectivity index is 1.50. The largest absolute Gasteiger partial charge is 0.379 e. The molecule has 0 radical (unpaired) electrons. The molecule has 4 rings (SSSR count). The standard InChI is InChI=1S/C27H37N7O2/c1-19(2)25(31-14-16-36-17-15-31)21-8-10-22(11-9-21)32-12-13-33(27(32)35)24-7-5-6-23(30-24)26(29)34(18-28)20(3)4/h5-11,18-20,25,28-29H,12-17H2,1-4H3. The van der Waals surface area contributed by atoms with Crippen molar-refractivity contribution in [3.8, 4) is 0 Å². The molecule has 1 atom stereocenters. The Morgan fingerprint density at radius 1 is 1.00 bits per heavy atom. The maximum atomic E-state index is 13.3. The summed E-state index contributed by atoms with van der Waals surface area (Å²) in [7, 11) is 0. The second-order valence-corrected chi connectivity index (χ2v) is 9.87. The summed E-state index contributed by atoms with van der Waals surface area (Å²) < 4.78 is 5.54. The number of anilines is 2. The first-order chi connectivity index (χ1) is 17.3. The number of morpholine rings is 1. The number of nitrogens with one attached hydrogen (secondary N) is 2. The van der Waals surface area contributed by atoms with Crippen LogP contribution in [0.25, 0.3) is 0 Å². The lowest BCUT2D eigenvalue weighted by atomic mass is 9.94. The molecule has 1 unspecified atom stereocenters. The van der Waals surface area contributed by atoms with Gasteiger partial charge in [0.25, 0.3) is 0 Å². The Kier molecular flexibility index (Phi) is 8.01. The van der Waals surface area contributed by atoms with E-state index in [0.29, 0.717) is 36.6 Å². The van der Waals surface area contributed by atoms with Gasteiger partial charge in [-0.3, -0.25) is 25.5 Å². The summed E-state index contributed by atoms with van der Waals surface area (Å²) in [4.78, 5) is 25.4. The van der Waals surface area contributed by atoms with Crippen molar-refractivity contribution >= 4 is 29.7 Å². The number of urea groups is 1. The smallest absolute Gasteiger partial charge is 0.330 e. The van der Waals surface area contributed by atoms with E-state index in [9.17, 15) is 4.79 Å². The van der Waals surface area contributed by atoms with Gasteiger partial charge in [0.05, 0.1) is 19.6 Å². The molecule has 36 heavy (non-hydrogen) atoms. The number of carbonyl (C=O) groups excluding carboxylic acids is 1. The van der Waals surface area contributed by atoms with Gasteiger partial charge >= 0.3 is 6.03 Å². The van der Waals surface area contributed by atoms with Gasteiger partial charge in [0.1, 0.15) is 11.5 Å². The normalized spacial score (nSPS) is 17.7. The summed E-state index contributed by atoms with van der Waals surface area (Å²) >= 11 is 0. The number of hydrogen-bond donors (Lipinski definition) is 2. The van der Waals surface area contributed by atoms with Gasteiger partial charge in [-0.15, -0.1) is 0 Å². The van der Waals surface area contributed by atoms with Crippen LogP contribution in [0.15, 0.2) is 42.5 Å². The molecule has 192 valence electrons. The maximum Gasteiger partial charge on any atom is 0.330 e. The number of aromatic nitrogens is 1. The highest BCUT2D eigenvalue weighted by atomic mass is 16.5. The van der Waals surface area contributed by atoms with E-state index in [0.717, 1.165) is 38.3 Å². The average molecular weight is 492 g/mol. The average Bonchev–Trinajstić information content (AvgIpc) is 3.26. The minimum Gasteiger partial charge on any atom is -0.379 e. The Hall–Kier alpha value is -3.30.